The fraction of sp³-hybridized carbons (Fsp3) is 0.150. The van der Waals surface area contributed by atoms with Gasteiger partial charge >= 0.3 is 5.97 Å². The van der Waals surface area contributed by atoms with Crippen molar-refractivity contribution in [2.24, 2.45) is 0 Å². The molecule has 2 heterocycles. The van der Waals surface area contributed by atoms with Crippen molar-refractivity contribution in [3.8, 4) is 5.69 Å². The molecule has 2 aromatic heterocycles. The molecule has 0 saturated carbocycles. The van der Waals surface area contributed by atoms with Crippen molar-refractivity contribution in [3.63, 3.8) is 0 Å². The number of benzene rings is 2. The average Bonchev–Trinajstić information content (AvgIpc) is 2.91. The molecular formula is C20H17BrN4O2. The molecule has 0 aliphatic carbocycles. The van der Waals surface area contributed by atoms with Gasteiger partial charge in [-0.1, -0.05) is 28.1 Å². The van der Waals surface area contributed by atoms with Gasteiger partial charge in [0.15, 0.2) is 5.65 Å². The van der Waals surface area contributed by atoms with Crippen LogP contribution in [-0.4, -0.2) is 26.6 Å². The summed E-state index contributed by atoms with van der Waals surface area (Å²) < 4.78 is 8.07. The van der Waals surface area contributed by atoms with E-state index < -0.39 is 5.97 Å². The Morgan fingerprint density at radius 2 is 1.70 bits per heavy atom. The van der Waals surface area contributed by atoms with Gasteiger partial charge in [-0.3, -0.25) is 4.57 Å². The monoisotopic (exact) mass is 424 g/mol. The van der Waals surface area contributed by atoms with Crippen molar-refractivity contribution in [2.75, 3.05) is 5.73 Å². The van der Waals surface area contributed by atoms with E-state index in [1.54, 1.807) is 18.4 Å². The number of carbonyl (C=O) groups excluding carboxylic acids is 1. The van der Waals surface area contributed by atoms with Crippen LogP contribution in [0.4, 0.5) is 5.82 Å². The molecule has 4 rings (SSSR count). The largest absolute Gasteiger partial charge is 0.459 e. The first-order valence-electron chi connectivity index (χ1n) is 8.49. The minimum absolute atomic E-state index is 0.236. The van der Waals surface area contributed by atoms with Gasteiger partial charge in [0.1, 0.15) is 16.9 Å². The minimum Gasteiger partial charge on any atom is -0.459 e. The molecule has 27 heavy (non-hydrogen) atoms. The molecule has 0 unspecified atom stereocenters. The van der Waals surface area contributed by atoms with Gasteiger partial charge in [0, 0.05) is 10.2 Å². The van der Waals surface area contributed by atoms with Crippen LogP contribution < -0.4 is 5.73 Å². The van der Waals surface area contributed by atoms with Crippen molar-refractivity contribution in [3.05, 3.63) is 58.6 Å². The predicted molar refractivity (Wildman–Crippen MR) is 109 cm³/mol. The van der Waals surface area contributed by atoms with Crippen LogP contribution in [0, 0.1) is 0 Å². The van der Waals surface area contributed by atoms with Gasteiger partial charge in [0.2, 0.25) is 0 Å². The number of ether oxygens (including phenoxy) is 1. The maximum Gasteiger partial charge on any atom is 0.344 e. The highest BCUT2D eigenvalue weighted by Crippen LogP contribution is 2.32. The molecule has 2 N–H and O–H groups in total. The second kappa shape index (κ2) is 6.66. The number of nitrogens with zero attached hydrogens (tertiary/aromatic N) is 3. The molecule has 0 radical (unpaired) electrons. The molecule has 0 aliphatic heterocycles. The lowest BCUT2D eigenvalue weighted by Gasteiger charge is -2.09. The van der Waals surface area contributed by atoms with E-state index in [-0.39, 0.29) is 17.5 Å². The second-order valence-electron chi connectivity index (χ2n) is 6.41. The minimum atomic E-state index is -0.507. The third-order valence-electron chi connectivity index (χ3n) is 4.13. The van der Waals surface area contributed by atoms with Crippen LogP contribution in [0.15, 0.2) is 53.0 Å². The van der Waals surface area contributed by atoms with Crippen molar-refractivity contribution < 1.29 is 9.53 Å². The molecule has 0 amide bonds. The molecule has 6 nitrogen and oxygen atoms in total. The Hall–Kier alpha value is -2.93. The highest BCUT2D eigenvalue weighted by molar-refractivity contribution is 9.10. The summed E-state index contributed by atoms with van der Waals surface area (Å²) in [6.45, 7) is 3.59. The van der Waals surface area contributed by atoms with Gasteiger partial charge < -0.3 is 10.5 Å². The highest BCUT2D eigenvalue weighted by atomic mass is 79.9. The molecule has 0 atom stereocenters. The van der Waals surface area contributed by atoms with Gasteiger partial charge in [-0.05, 0) is 50.2 Å². The average molecular weight is 425 g/mol. The smallest absolute Gasteiger partial charge is 0.344 e. The lowest BCUT2D eigenvalue weighted by Crippen LogP contribution is -2.13. The second-order valence-corrected chi connectivity index (χ2v) is 7.33. The van der Waals surface area contributed by atoms with Crippen LogP contribution in [0.5, 0.6) is 0 Å². The lowest BCUT2D eigenvalue weighted by molar-refractivity contribution is 0.0381. The van der Waals surface area contributed by atoms with Crippen LogP contribution in [0.1, 0.15) is 24.2 Å². The summed E-state index contributed by atoms with van der Waals surface area (Å²) in [5.41, 5.74) is 9.78. The Bertz CT molecular complexity index is 1170. The van der Waals surface area contributed by atoms with Crippen molar-refractivity contribution in [1.29, 1.82) is 0 Å². The summed E-state index contributed by atoms with van der Waals surface area (Å²) >= 11 is 3.43. The molecular weight excluding hydrogens is 408 g/mol. The number of anilines is 1. The van der Waals surface area contributed by atoms with E-state index in [4.69, 9.17) is 15.5 Å². The lowest BCUT2D eigenvalue weighted by atomic mass is 10.2. The predicted octanol–water partition coefficient (Wildman–Crippen LogP) is 4.48. The number of esters is 1. The summed E-state index contributed by atoms with van der Waals surface area (Å²) in [4.78, 5) is 22.1. The normalized spacial score (nSPS) is 11.4. The van der Waals surface area contributed by atoms with E-state index in [9.17, 15) is 4.79 Å². The zero-order valence-corrected chi connectivity index (χ0v) is 16.4. The number of carbonyl (C=O) groups is 1. The molecule has 0 saturated heterocycles. The number of rotatable bonds is 3. The summed E-state index contributed by atoms with van der Waals surface area (Å²) in [7, 11) is 0. The molecule has 136 valence electrons. The standard InChI is InChI=1S/C20H17BrN4O2/c1-11(2)27-20(26)16-17-19(24-15-6-4-3-5-14(15)23-17)25(18(16)22)13-9-7-12(21)8-10-13/h3-11H,22H2,1-2H3. The van der Waals surface area contributed by atoms with Crippen LogP contribution >= 0.6 is 15.9 Å². The topological polar surface area (TPSA) is 83.0 Å². The molecule has 4 aromatic rings. The number of nitrogens with two attached hydrogens (primary N) is 1. The Kier molecular flexibility index (Phi) is 4.31. The van der Waals surface area contributed by atoms with Crippen LogP contribution in [0.25, 0.3) is 27.9 Å². The van der Waals surface area contributed by atoms with E-state index >= 15 is 0 Å². The van der Waals surface area contributed by atoms with Gasteiger partial charge in [0.25, 0.3) is 0 Å². The van der Waals surface area contributed by atoms with Gasteiger partial charge in [-0.25, -0.2) is 14.8 Å². The van der Waals surface area contributed by atoms with Crippen LogP contribution in [0.3, 0.4) is 0 Å². The Morgan fingerprint density at radius 3 is 2.33 bits per heavy atom. The van der Waals surface area contributed by atoms with Crippen molar-refractivity contribution >= 4 is 49.9 Å². The molecule has 0 spiro atoms. The zero-order chi connectivity index (χ0) is 19.1. The third kappa shape index (κ3) is 3.04. The van der Waals surface area contributed by atoms with Gasteiger partial charge in [0.05, 0.1) is 17.1 Å². The third-order valence-corrected chi connectivity index (χ3v) is 4.66. The van der Waals surface area contributed by atoms with E-state index in [1.807, 2.05) is 48.5 Å². The Morgan fingerprint density at radius 1 is 1.07 bits per heavy atom. The quantitative estimate of drug-likeness (QED) is 0.490. The molecule has 0 bridgehead atoms. The number of nitrogen functional groups attached to an aromatic ring is 1. The molecule has 7 heteroatoms. The summed E-state index contributed by atoms with van der Waals surface area (Å²) in [6, 6.07) is 15.1. The van der Waals surface area contributed by atoms with Crippen LogP contribution in [-0.2, 0) is 4.74 Å². The van der Waals surface area contributed by atoms with Crippen molar-refractivity contribution in [1.82, 2.24) is 14.5 Å². The van der Waals surface area contributed by atoms with Gasteiger partial charge in [-0.2, -0.15) is 0 Å². The van der Waals surface area contributed by atoms with Crippen molar-refractivity contribution in [2.45, 2.75) is 20.0 Å². The molecule has 0 fully saturated rings. The SMILES string of the molecule is CC(C)OC(=O)c1c(N)n(-c2ccc(Br)cc2)c2nc3ccccc3nc12. The fourth-order valence-electron chi connectivity index (χ4n) is 2.99. The number of fused-ring (bicyclic) bond motifs is 2. The van der Waals surface area contributed by atoms with E-state index in [0.717, 1.165) is 15.7 Å². The number of para-hydroxylation sites is 2. The molecule has 2 aromatic carbocycles. The first-order valence-corrected chi connectivity index (χ1v) is 9.28. The summed E-state index contributed by atoms with van der Waals surface area (Å²) in [5, 5.41) is 0. The Labute approximate surface area is 164 Å². The number of aromatic nitrogens is 3. The maximum absolute atomic E-state index is 12.7. The van der Waals surface area contributed by atoms with E-state index in [0.29, 0.717) is 16.7 Å². The number of hydrogen-bond donors (Lipinski definition) is 1. The summed E-state index contributed by atoms with van der Waals surface area (Å²) in [6.07, 6.45) is -0.267. The summed E-state index contributed by atoms with van der Waals surface area (Å²) in [5.74, 6) is -0.249. The van der Waals surface area contributed by atoms with E-state index in [1.165, 1.54) is 0 Å². The van der Waals surface area contributed by atoms with Gasteiger partial charge in [-0.15, -0.1) is 0 Å². The number of halogens is 1. The first-order chi connectivity index (χ1) is 13.0. The van der Waals surface area contributed by atoms with Crippen LogP contribution in [0.2, 0.25) is 0 Å². The maximum atomic E-state index is 12.7. The first kappa shape index (κ1) is 17.5. The highest BCUT2D eigenvalue weighted by Gasteiger charge is 2.26. The Balaban J connectivity index is 2.06. The fourth-order valence-corrected chi connectivity index (χ4v) is 3.25. The molecule has 0 aliphatic rings. The number of hydrogen-bond acceptors (Lipinski definition) is 5. The zero-order valence-electron chi connectivity index (χ0n) is 14.8. The van der Waals surface area contributed by atoms with E-state index in [2.05, 4.69) is 20.9 Å².